The Bertz CT molecular complexity index is 292. The van der Waals surface area contributed by atoms with Crippen LogP contribution in [0.3, 0.4) is 0 Å². The van der Waals surface area contributed by atoms with Crippen LogP contribution in [0.5, 0.6) is 0 Å². The predicted octanol–water partition coefficient (Wildman–Crippen LogP) is 1.27. The largest absolute Gasteiger partial charge is 0.342 e. The fraction of sp³-hybridized carbons (Fsp3) is 0.933. The van der Waals surface area contributed by atoms with Crippen LogP contribution in [0.2, 0.25) is 0 Å². The van der Waals surface area contributed by atoms with Gasteiger partial charge >= 0.3 is 0 Å². The number of hydrogen-bond donors (Lipinski definition) is 0. The van der Waals surface area contributed by atoms with E-state index < -0.39 is 0 Å². The molecule has 2 saturated heterocycles. The van der Waals surface area contributed by atoms with Crippen molar-refractivity contribution in [1.82, 2.24) is 14.7 Å². The second-order valence-electron chi connectivity index (χ2n) is 6.28. The van der Waals surface area contributed by atoms with Gasteiger partial charge < -0.3 is 9.80 Å². The van der Waals surface area contributed by atoms with Gasteiger partial charge in [-0.15, -0.1) is 0 Å². The van der Waals surface area contributed by atoms with Crippen LogP contribution in [0.4, 0.5) is 0 Å². The molecular formula is C15H29N3O. The Labute approximate surface area is 117 Å². The van der Waals surface area contributed by atoms with Crippen molar-refractivity contribution in [2.75, 3.05) is 45.8 Å². The van der Waals surface area contributed by atoms with Gasteiger partial charge in [0.15, 0.2) is 0 Å². The van der Waals surface area contributed by atoms with E-state index in [9.17, 15) is 4.79 Å². The van der Waals surface area contributed by atoms with Crippen molar-refractivity contribution < 1.29 is 4.79 Å². The zero-order valence-electron chi connectivity index (χ0n) is 12.8. The van der Waals surface area contributed by atoms with Crippen LogP contribution in [0, 0.1) is 5.92 Å². The molecule has 1 amide bonds. The number of carbonyl (C=O) groups is 1. The van der Waals surface area contributed by atoms with E-state index in [2.05, 4.69) is 23.6 Å². The van der Waals surface area contributed by atoms with Crippen molar-refractivity contribution in [1.29, 1.82) is 0 Å². The highest BCUT2D eigenvalue weighted by Crippen LogP contribution is 2.20. The van der Waals surface area contributed by atoms with Crippen molar-refractivity contribution in [3.63, 3.8) is 0 Å². The Morgan fingerprint density at radius 3 is 2.32 bits per heavy atom. The van der Waals surface area contributed by atoms with Gasteiger partial charge in [0.1, 0.15) is 0 Å². The zero-order valence-corrected chi connectivity index (χ0v) is 12.8. The first-order valence-electron chi connectivity index (χ1n) is 7.84. The van der Waals surface area contributed by atoms with Gasteiger partial charge in [-0.2, -0.15) is 0 Å². The standard InChI is InChI=1S/C15H29N3O/c1-4-15(19)18-11-14(12-18)5-6-16-7-9-17(10-8-16)13(2)3/h13-14H,4-12H2,1-3H3. The van der Waals surface area contributed by atoms with Gasteiger partial charge in [-0.25, -0.2) is 0 Å². The summed E-state index contributed by atoms with van der Waals surface area (Å²) in [5, 5.41) is 0. The number of hydrogen-bond acceptors (Lipinski definition) is 3. The molecule has 0 saturated carbocycles. The Balaban J connectivity index is 1.57. The number of amides is 1. The van der Waals surface area contributed by atoms with Crippen molar-refractivity contribution in [2.45, 2.75) is 39.7 Å². The molecule has 19 heavy (non-hydrogen) atoms. The molecule has 4 heteroatoms. The van der Waals surface area contributed by atoms with Crippen molar-refractivity contribution in [3.8, 4) is 0 Å². The predicted molar refractivity (Wildman–Crippen MR) is 78.1 cm³/mol. The van der Waals surface area contributed by atoms with Crippen LogP contribution < -0.4 is 0 Å². The van der Waals surface area contributed by atoms with Crippen LogP contribution in [0.1, 0.15) is 33.6 Å². The minimum atomic E-state index is 0.321. The number of nitrogens with zero attached hydrogens (tertiary/aromatic N) is 3. The van der Waals surface area contributed by atoms with Gasteiger partial charge in [-0.3, -0.25) is 9.69 Å². The van der Waals surface area contributed by atoms with E-state index in [1.54, 1.807) is 0 Å². The number of likely N-dealkylation sites (tertiary alicyclic amines) is 1. The van der Waals surface area contributed by atoms with Crippen molar-refractivity contribution in [3.05, 3.63) is 0 Å². The second kappa shape index (κ2) is 6.71. The molecule has 110 valence electrons. The molecule has 2 aliphatic heterocycles. The van der Waals surface area contributed by atoms with E-state index in [0.717, 1.165) is 19.0 Å². The summed E-state index contributed by atoms with van der Waals surface area (Å²) in [6.45, 7) is 14.6. The fourth-order valence-electron chi connectivity index (χ4n) is 3.05. The third-order valence-electron chi connectivity index (χ3n) is 4.60. The molecule has 0 bridgehead atoms. The first-order valence-corrected chi connectivity index (χ1v) is 7.84. The summed E-state index contributed by atoms with van der Waals surface area (Å²) in [5.74, 6) is 1.07. The highest BCUT2D eigenvalue weighted by Gasteiger charge is 2.29. The molecule has 0 unspecified atom stereocenters. The summed E-state index contributed by atoms with van der Waals surface area (Å²) in [6, 6.07) is 0.683. The topological polar surface area (TPSA) is 26.8 Å². The van der Waals surface area contributed by atoms with E-state index in [1.165, 1.54) is 39.1 Å². The SMILES string of the molecule is CCC(=O)N1CC(CCN2CCN(C(C)C)CC2)C1. The van der Waals surface area contributed by atoms with Gasteiger partial charge in [-0.05, 0) is 32.7 Å². The van der Waals surface area contributed by atoms with E-state index >= 15 is 0 Å². The number of piperazine rings is 1. The molecule has 0 N–H and O–H groups in total. The smallest absolute Gasteiger partial charge is 0.222 e. The third-order valence-corrected chi connectivity index (χ3v) is 4.60. The molecule has 2 fully saturated rings. The van der Waals surface area contributed by atoms with Crippen LogP contribution in [-0.4, -0.2) is 72.5 Å². The maximum absolute atomic E-state index is 11.5. The van der Waals surface area contributed by atoms with Gasteiger partial charge in [0.2, 0.25) is 5.91 Å². The molecule has 4 nitrogen and oxygen atoms in total. The minimum absolute atomic E-state index is 0.321. The molecule has 0 aliphatic carbocycles. The van der Waals surface area contributed by atoms with Crippen LogP contribution in [-0.2, 0) is 4.79 Å². The summed E-state index contributed by atoms with van der Waals surface area (Å²) >= 11 is 0. The molecule has 2 aliphatic rings. The summed E-state index contributed by atoms with van der Waals surface area (Å²) in [4.78, 5) is 18.6. The Morgan fingerprint density at radius 1 is 1.16 bits per heavy atom. The van der Waals surface area contributed by atoms with Crippen LogP contribution in [0.25, 0.3) is 0 Å². The lowest BCUT2D eigenvalue weighted by atomic mass is 9.95. The van der Waals surface area contributed by atoms with Gasteiger partial charge in [0.05, 0.1) is 0 Å². The lowest BCUT2D eigenvalue weighted by Gasteiger charge is -2.41. The maximum Gasteiger partial charge on any atom is 0.222 e. The average molecular weight is 267 g/mol. The molecule has 0 aromatic carbocycles. The molecule has 0 aromatic heterocycles. The lowest BCUT2D eigenvalue weighted by Crippen LogP contribution is -2.52. The van der Waals surface area contributed by atoms with Crippen molar-refractivity contribution in [2.24, 2.45) is 5.92 Å². The quantitative estimate of drug-likeness (QED) is 0.750. The van der Waals surface area contributed by atoms with Crippen LogP contribution in [0.15, 0.2) is 0 Å². The Morgan fingerprint density at radius 2 is 1.79 bits per heavy atom. The van der Waals surface area contributed by atoms with E-state index in [-0.39, 0.29) is 0 Å². The van der Waals surface area contributed by atoms with Crippen molar-refractivity contribution >= 4 is 5.91 Å². The second-order valence-corrected chi connectivity index (χ2v) is 6.28. The molecule has 0 atom stereocenters. The van der Waals surface area contributed by atoms with Gasteiger partial charge in [0.25, 0.3) is 0 Å². The Kier molecular flexibility index (Phi) is 5.22. The Hall–Kier alpha value is -0.610. The minimum Gasteiger partial charge on any atom is -0.342 e. The van der Waals surface area contributed by atoms with Crippen LogP contribution >= 0.6 is 0 Å². The monoisotopic (exact) mass is 267 g/mol. The highest BCUT2D eigenvalue weighted by molar-refractivity contribution is 5.76. The molecule has 2 heterocycles. The highest BCUT2D eigenvalue weighted by atomic mass is 16.2. The van der Waals surface area contributed by atoms with E-state index in [4.69, 9.17) is 0 Å². The molecule has 0 spiro atoms. The average Bonchev–Trinajstić information content (AvgIpc) is 2.37. The van der Waals surface area contributed by atoms with E-state index in [1.807, 2.05) is 11.8 Å². The first-order chi connectivity index (χ1) is 9.10. The van der Waals surface area contributed by atoms with Gasteiger partial charge in [-0.1, -0.05) is 6.92 Å². The summed E-state index contributed by atoms with van der Waals surface area (Å²) in [7, 11) is 0. The summed E-state index contributed by atoms with van der Waals surface area (Å²) in [6.07, 6.45) is 1.92. The zero-order chi connectivity index (χ0) is 13.8. The van der Waals surface area contributed by atoms with Gasteiger partial charge in [0, 0.05) is 51.7 Å². The summed E-state index contributed by atoms with van der Waals surface area (Å²) < 4.78 is 0. The third kappa shape index (κ3) is 3.93. The molecule has 2 rings (SSSR count). The van der Waals surface area contributed by atoms with E-state index in [0.29, 0.717) is 18.4 Å². The first kappa shape index (κ1) is 14.8. The normalized spacial score (nSPS) is 22.8. The lowest BCUT2D eigenvalue weighted by molar-refractivity contribution is -0.137. The number of carbonyl (C=O) groups excluding carboxylic acids is 1. The maximum atomic E-state index is 11.5. The summed E-state index contributed by atoms with van der Waals surface area (Å²) in [5.41, 5.74) is 0. The molecule has 0 radical (unpaired) electrons. The number of rotatable bonds is 5. The fourth-order valence-corrected chi connectivity index (χ4v) is 3.05. The molecular weight excluding hydrogens is 238 g/mol. The molecule has 0 aromatic rings.